The standard InChI is InChI=1S/C27H31N3O5/c1-17-7-3-4-8-21(17)16-35-22-11-5-9-19(13-22)18(2)29-26(33)24(31)25(32)27(34)30-14-20-10-6-12-28-23(20)15-30/h3-13,17-18,21,24-25,31-32H,14-16H2,1-2H3,(H,29,33)/t17?,18-,21?,24-,25-/m1/s1. The molecule has 0 saturated heterocycles. The van der Waals surface area contributed by atoms with E-state index in [1.54, 1.807) is 19.2 Å². The summed E-state index contributed by atoms with van der Waals surface area (Å²) in [4.78, 5) is 30.9. The molecule has 1 aromatic carbocycles. The van der Waals surface area contributed by atoms with E-state index in [1.165, 1.54) is 4.90 Å². The third kappa shape index (κ3) is 5.78. The van der Waals surface area contributed by atoms with Gasteiger partial charge in [-0.2, -0.15) is 0 Å². The van der Waals surface area contributed by atoms with Gasteiger partial charge < -0.3 is 25.2 Å². The third-order valence-electron chi connectivity index (χ3n) is 6.54. The lowest BCUT2D eigenvalue weighted by atomic mass is 9.91. The number of carbonyl (C=O) groups is 2. The van der Waals surface area contributed by atoms with Crippen LogP contribution in [0.25, 0.3) is 0 Å². The van der Waals surface area contributed by atoms with Gasteiger partial charge in [-0.15, -0.1) is 0 Å². The van der Waals surface area contributed by atoms with Crippen molar-refractivity contribution in [2.24, 2.45) is 11.8 Å². The predicted octanol–water partition coefficient (Wildman–Crippen LogP) is 2.28. The zero-order chi connectivity index (χ0) is 24.9. The van der Waals surface area contributed by atoms with E-state index < -0.39 is 30.1 Å². The first-order valence-corrected chi connectivity index (χ1v) is 11.8. The molecular formula is C27H31N3O5. The summed E-state index contributed by atoms with van der Waals surface area (Å²) in [5.41, 5.74) is 2.40. The number of hydrogen-bond acceptors (Lipinski definition) is 6. The summed E-state index contributed by atoms with van der Waals surface area (Å²) in [6, 6.07) is 10.5. The molecule has 3 N–H and O–H groups in total. The molecule has 2 amide bonds. The van der Waals surface area contributed by atoms with E-state index in [4.69, 9.17) is 4.74 Å². The van der Waals surface area contributed by atoms with Crippen molar-refractivity contribution in [3.63, 3.8) is 0 Å². The molecule has 5 atom stereocenters. The summed E-state index contributed by atoms with van der Waals surface area (Å²) in [7, 11) is 0. The maximum atomic E-state index is 12.7. The Morgan fingerprint density at radius 2 is 1.94 bits per heavy atom. The van der Waals surface area contributed by atoms with E-state index in [0.29, 0.717) is 18.3 Å². The number of nitrogens with one attached hydrogen (secondary N) is 1. The maximum Gasteiger partial charge on any atom is 0.255 e. The number of aliphatic hydroxyl groups is 2. The molecule has 1 aromatic heterocycles. The highest BCUT2D eigenvalue weighted by molar-refractivity contribution is 5.91. The molecule has 184 valence electrons. The molecule has 0 fully saturated rings. The van der Waals surface area contributed by atoms with Gasteiger partial charge in [0.2, 0.25) is 0 Å². The second-order valence-electron chi connectivity index (χ2n) is 9.10. The van der Waals surface area contributed by atoms with Gasteiger partial charge in [-0.05, 0) is 42.2 Å². The number of amides is 2. The van der Waals surface area contributed by atoms with Crippen LogP contribution in [-0.4, -0.2) is 50.7 Å². The molecule has 2 aromatic rings. The maximum absolute atomic E-state index is 12.7. The van der Waals surface area contributed by atoms with Gasteiger partial charge in [-0.1, -0.05) is 49.4 Å². The normalized spacial score (nSPS) is 21.2. The van der Waals surface area contributed by atoms with E-state index in [-0.39, 0.29) is 19.0 Å². The van der Waals surface area contributed by atoms with E-state index in [9.17, 15) is 19.8 Å². The number of hydrogen-bond donors (Lipinski definition) is 3. The van der Waals surface area contributed by atoms with Gasteiger partial charge in [0, 0.05) is 18.7 Å². The third-order valence-corrected chi connectivity index (χ3v) is 6.54. The fourth-order valence-corrected chi connectivity index (χ4v) is 4.24. The molecule has 0 spiro atoms. The number of rotatable bonds is 8. The van der Waals surface area contributed by atoms with Gasteiger partial charge in [0.05, 0.1) is 24.9 Å². The second kappa shape index (κ2) is 10.8. The number of nitrogens with zero attached hydrogens (tertiary/aromatic N) is 2. The van der Waals surface area contributed by atoms with E-state index in [1.807, 2.05) is 42.5 Å². The van der Waals surface area contributed by atoms with E-state index >= 15 is 0 Å². The van der Waals surface area contributed by atoms with Crippen LogP contribution in [0.4, 0.5) is 0 Å². The van der Waals surface area contributed by atoms with Gasteiger partial charge in [0.15, 0.2) is 12.2 Å². The van der Waals surface area contributed by atoms with Crippen LogP contribution >= 0.6 is 0 Å². The summed E-state index contributed by atoms with van der Waals surface area (Å²) < 4.78 is 5.97. The van der Waals surface area contributed by atoms with Crippen LogP contribution in [0.5, 0.6) is 5.75 Å². The van der Waals surface area contributed by atoms with Gasteiger partial charge in [0.1, 0.15) is 5.75 Å². The minimum absolute atomic E-state index is 0.231. The average molecular weight is 478 g/mol. The second-order valence-corrected chi connectivity index (χ2v) is 9.10. The zero-order valence-electron chi connectivity index (χ0n) is 19.9. The smallest absolute Gasteiger partial charge is 0.255 e. The van der Waals surface area contributed by atoms with Crippen molar-refractivity contribution in [2.45, 2.75) is 45.2 Å². The molecule has 2 aliphatic rings. The number of ether oxygens (including phenoxy) is 1. The number of allylic oxidation sites excluding steroid dienone is 3. The molecular weight excluding hydrogens is 446 g/mol. The first-order chi connectivity index (χ1) is 16.8. The Morgan fingerprint density at radius 3 is 2.71 bits per heavy atom. The van der Waals surface area contributed by atoms with Crippen LogP contribution < -0.4 is 10.1 Å². The lowest BCUT2D eigenvalue weighted by Gasteiger charge is -2.24. The van der Waals surface area contributed by atoms with Gasteiger partial charge in [-0.25, -0.2) is 0 Å². The molecule has 0 radical (unpaired) electrons. The Morgan fingerprint density at radius 1 is 1.14 bits per heavy atom. The number of carbonyl (C=O) groups excluding carboxylic acids is 2. The predicted molar refractivity (Wildman–Crippen MR) is 130 cm³/mol. The van der Waals surface area contributed by atoms with Crippen LogP contribution in [0, 0.1) is 11.8 Å². The number of aromatic nitrogens is 1. The summed E-state index contributed by atoms with van der Waals surface area (Å²) >= 11 is 0. The topological polar surface area (TPSA) is 112 Å². The quantitative estimate of drug-likeness (QED) is 0.538. The summed E-state index contributed by atoms with van der Waals surface area (Å²) in [6.07, 6.45) is 6.20. The molecule has 35 heavy (non-hydrogen) atoms. The Labute approximate surface area is 204 Å². The van der Waals surface area contributed by atoms with Crippen LogP contribution in [0.1, 0.15) is 36.7 Å². The molecule has 0 bridgehead atoms. The fourth-order valence-electron chi connectivity index (χ4n) is 4.24. The highest BCUT2D eigenvalue weighted by Crippen LogP contribution is 2.24. The van der Waals surface area contributed by atoms with E-state index in [2.05, 4.69) is 29.4 Å². The van der Waals surface area contributed by atoms with Crippen LogP contribution in [-0.2, 0) is 22.7 Å². The fraction of sp³-hybridized carbons (Fsp3) is 0.370. The molecule has 8 heteroatoms. The van der Waals surface area contributed by atoms with Gasteiger partial charge in [-0.3, -0.25) is 14.6 Å². The van der Waals surface area contributed by atoms with Crippen molar-refractivity contribution in [3.05, 3.63) is 83.7 Å². The van der Waals surface area contributed by atoms with Crippen LogP contribution in [0.3, 0.4) is 0 Å². The highest BCUT2D eigenvalue weighted by Gasteiger charge is 2.36. The average Bonchev–Trinajstić information content (AvgIpc) is 3.31. The summed E-state index contributed by atoms with van der Waals surface area (Å²) in [5.74, 6) is -0.184. The molecule has 8 nitrogen and oxygen atoms in total. The van der Waals surface area contributed by atoms with Crippen molar-refractivity contribution >= 4 is 11.8 Å². The highest BCUT2D eigenvalue weighted by atomic mass is 16.5. The Kier molecular flexibility index (Phi) is 7.63. The number of benzene rings is 1. The first-order valence-electron chi connectivity index (χ1n) is 11.8. The number of fused-ring (bicyclic) bond motifs is 1. The summed E-state index contributed by atoms with van der Waals surface area (Å²) in [5, 5.41) is 23.4. The van der Waals surface area contributed by atoms with Crippen molar-refractivity contribution in [1.82, 2.24) is 15.2 Å². The Hall–Kier alpha value is -3.49. The molecule has 0 saturated carbocycles. The van der Waals surface area contributed by atoms with Crippen molar-refractivity contribution in [3.8, 4) is 5.75 Å². The van der Waals surface area contributed by atoms with Crippen molar-refractivity contribution in [1.29, 1.82) is 0 Å². The molecule has 1 aliphatic heterocycles. The van der Waals surface area contributed by atoms with Crippen LogP contribution in [0.2, 0.25) is 0 Å². The lowest BCUT2D eigenvalue weighted by molar-refractivity contribution is -0.153. The minimum Gasteiger partial charge on any atom is -0.493 e. The SMILES string of the molecule is CC1C=CC=CC1COc1cccc([C@@H](C)NC(=O)[C@H](O)[C@@H](O)C(=O)N2Cc3cccnc3C2)c1. The van der Waals surface area contributed by atoms with Gasteiger partial charge in [0.25, 0.3) is 11.8 Å². The first kappa shape index (κ1) is 24.6. The molecule has 2 heterocycles. The lowest BCUT2D eigenvalue weighted by Crippen LogP contribution is -2.50. The minimum atomic E-state index is -1.89. The largest absolute Gasteiger partial charge is 0.493 e. The Bertz CT molecular complexity index is 1110. The van der Waals surface area contributed by atoms with Gasteiger partial charge >= 0.3 is 0 Å². The van der Waals surface area contributed by atoms with Crippen molar-refractivity contribution in [2.75, 3.05) is 6.61 Å². The Balaban J connectivity index is 1.31. The van der Waals surface area contributed by atoms with Crippen molar-refractivity contribution < 1.29 is 24.5 Å². The molecule has 1 aliphatic carbocycles. The monoisotopic (exact) mass is 477 g/mol. The van der Waals surface area contributed by atoms with Crippen LogP contribution in [0.15, 0.2) is 66.9 Å². The zero-order valence-corrected chi connectivity index (χ0v) is 19.9. The summed E-state index contributed by atoms with van der Waals surface area (Å²) in [6.45, 7) is 4.95. The number of aliphatic hydroxyl groups excluding tert-OH is 2. The molecule has 2 unspecified atom stereocenters. The molecule has 4 rings (SSSR count). The number of pyridine rings is 1. The van der Waals surface area contributed by atoms with E-state index in [0.717, 1.165) is 16.8 Å².